The molecule has 0 N–H and O–H groups in total. The molecule has 0 spiro atoms. The molecule has 0 atom stereocenters. The summed E-state index contributed by atoms with van der Waals surface area (Å²) in [5.41, 5.74) is 8.94. The zero-order valence-corrected chi connectivity index (χ0v) is 24.1. The molecule has 0 amide bonds. The second kappa shape index (κ2) is 8.71. The Labute approximate surface area is 224 Å². The minimum atomic E-state index is 0.116. The van der Waals surface area contributed by atoms with Gasteiger partial charge >= 0.3 is 0 Å². The van der Waals surface area contributed by atoms with Crippen molar-refractivity contribution in [2.24, 2.45) is 0 Å². The van der Waals surface area contributed by atoms with Gasteiger partial charge in [-0.1, -0.05) is 90.1 Å². The smallest absolute Gasteiger partial charge is 0.0194 e. The minimum absolute atomic E-state index is 0.116. The van der Waals surface area contributed by atoms with E-state index < -0.39 is 0 Å². The predicted molar refractivity (Wildman–Crippen MR) is 164 cm³/mol. The number of thioether (sulfide) groups is 2. The first kappa shape index (κ1) is 24.2. The summed E-state index contributed by atoms with van der Waals surface area (Å²) in [5, 5.41) is 8.67. The van der Waals surface area contributed by atoms with E-state index in [1.54, 1.807) is 0 Å². The number of benzene rings is 5. The lowest BCUT2D eigenvalue weighted by Gasteiger charge is -2.26. The Morgan fingerprint density at radius 3 is 1.39 bits per heavy atom. The van der Waals surface area contributed by atoms with E-state index in [0.29, 0.717) is 0 Å². The van der Waals surface area contributed by atoms with Crippen molar-refractivity contribution in [3.05, 3.63) is 94.0 Å². The van der Waals surface area contributed by atoms with Crippen LogP contribution >= 0.6 is 23.5 Å². The van der Waals surface area contributed by atoms with Crippen molar-refractivity contribution in [1.29, 1.82) is 0 Å². The van der Waals surface area contributed by atoms with Crippen molar-refractivity contribution in [3.63, 3.8) is 0 Å². The molecule has 3 aliphatic heterocycles. The first-order valence-electron chi connectivity index (χ1n) is 13.1. The summed E-state index contributed by atoms with van der Waals surface area (Å²) in [6, 6.07) is 24.2. The Morgan fingerprint density at radius 1 is 0.528 bits per heavy atom. The molecule has 184 valence electrons. The molecule has 3 aliphatic rings. The number of hydrogen-bond donors (Lipinski definition) is 0. The summed E-state index contributed by atoms with van der Waals surface area (Å²) in [7, 11) is 0. The maximum atomic E-state index is 2.52. The van der Waals surface area contributed by atoms with Crippen molar-refractivity contribution >= 4 is 55.8 Å². The highest BCUT2D eigenvalue weighted by atomic mass is 32.2. The van der Waals surface area contributed by atoms with Crippen molar-refractivity contribution in [3.8, 4) is 0 Å². The van der Waals surface area contributed by atoms with E-state index in [0.717, 1.165) is 23.0 Å². The Balaban J connectivity index is 1.70. The van der Waals surface area contributed by atoms with Gasteiger partial charge in [0.15, 0.2) is 0 Å². The van der Waals surface area contributed by atoms with Crippen LogP contribution < -0.4 is 0 Å². The van der Waals surface area contributed by atoms with E-state index in [4.69, 9.17) is 0 Å². The van der Waals surface area contributed by atoms with Gasteiger partial charge in [-0.05, 0) is 88.7 Å². The van der Waals surface area contributed by atoms with Gasteiger partial charge in [0.1, 0.15) is 0 Å². The van der Waals surface area contributed by atoms with Gasteiger partial charge < -0.3 is 0 Å². The Morgan fingerprint density at radius 2 is 0.972 bits per heavy atom. The zero-order chi connectivity index (χ0) is 25.2. The maximum Gasteiger partial charge on any atom is 0.0194 e. The van der Waals surface area contributed by atoms with E-state index >= 15 is 0 Å². The van der Waals surface area contributed by atoms with Crippen molar-refractivity contribution in [2.45, 2.75) is 75.4 Å². The Kier molecular flexibility index (Phi) is 5.85. The van der Waals surface area contributed by atoms with Crippen LogP contribution in [0.5, 0.6) is 0 Å². The van der Waals surface area contributed by atoms with Crippen LogP contribution in [0.4, 0.5) is 0 Å². The van der Waals surface area contributed by atoms with Gasteiger partial charge in [0.25, 0.3) is 0 Å². The van der Waals surface area contributed by atoms with Crippen LogP contribution in [-0.4, -0.2) is 0 Å². The van der Waals surface area contributed by atoms with Crippen LogP contribution in [0.2, 0.25) is 0 Å². The first-order chi connectivity index (χ1) is 17.1. The van der Waals surface area contributed by atoms with Crippen LogP contribution in [-0.2, 0) is 33.8 Å². The highest BCUT2D eigenvalue weighted by Gasteiger charge is 2.23. The molecule has 0 saturated carbocycles. The third-order valence-corrected chi connectivity index (χ3v) is 9.82. The third-order valence-electron chi connectivity index (χ3n) is 7.72. The molecule has 10 bridgehead atoms. The molecular formula is C34H36S2. The molecule has 5 aromatic carbocycles. The molecule has 0 nitrogen and oxygen atoms in total. The molecule has 0 saturated heterocycles. The second-order valence-corrected chi connectivity index (χ2v) is 14.6. The third kappa shape index (κ3) is 4.31. The van der Waals surface area contributed by atoms with Crippen LogP contribution in [0.1, 0.15) is 74.9 Å². The SMILES string of the molecule is CC(C)(C)c1cc2cc3c4cc(C(C)(C)C)cc5cc(c(c1)c2c54)CSCc1cccc(c1)CSC3. The summed E-state index contributed by atoms with van der Waals surface area (Å²) in [5.74, 6) is 4.18. The highest BCUT2D eigenvalue weighted by Crippen LogP contribution is 2.44. The van der Waals surface area contributed by atoms with E-state index in [1.807, 2.05) is 23.5 Å². The summed E-state index contributed by atoms with van der Waals surface area (Å²) in [6.45, 7) is 14.1. The van der Waals surface area contributed by atoms with Crippen LogP contribution in [0, 0.1) is 0 Å². The lowest BCUT2D eigenvalue weighted by molar-refractivity contribution is 0.591. The lowest BCUT2D eigenvalue weighted by atomic mass is 9.79. The van der Waals surface area contributed by atoms with Gasteiger partial charge in [0.05, 0.1) is 0 Å². The largest absolute Gasteiger partial charge is 0.152 e. The standard InChI is InChI=1S/C34H36S2/c1-33(2,3)27-13-23-11-26-20-36-18-22-9-7-8-21(10-22)17-35-19-25-12-24-14-28(34(4,5)6)16-30(26)32(24)31(23)29(25)15-27/h7-16H,17-20H2,1-6H3. The molecule has 0 unspecified atom stereocenters. The quantitative estimate of drug-likeness (QED) is 0.191. The van der Waals surface area contributed by atoms with E-state index in [9.17, 15) is 0 Å². The monoisotopic (exact) mass is 508 g/mol. The second-order valence-electron chi connectivity index (χ2n) is 12.6. The fourth-order valence-electron chi connectivity index (χ4n) is 5.62. The zero-order valence-electron chi connectivity index (χ0n) is 22.4. The maximum absolute atomic E-state index is 2.52. The van der Waals surface area contributed by atoms with Crippen molar-refractivity contribution in [1.82, 2.24) is 0 Å². The minimum Gasteiger partial charge on any atom is -0.152 e. The van der Waals surface area contributed by atoms with Gasteiger partial charge in [-0.3, -0.25) is 0 Å². The average molecular weight is 509 g/mol. The molecule has 36 heavy (non-hydrogen) atoms. The van der Waals surface area contributed by atoms with Crippen molar-refractivity contribution < 1.29 is 0 Å². The summed E-state index contributed by atoms with van der Waals surface area (Å²) in [6.07, 6.45) is 0. The van der Waals surface area contributed by atoms with Crippen LogP contribution in [0.15, 0.2) is 60.7 Å². The van der Waals surface area contributed by atoms with E-state index in [-0.39, 0.29) is 10.8 Å². The Hall–Kier alpha value is -2.16. The van der Waals surface area contributed by atoms with Gasteiger partial charge in [0, 0.05) is 23.0 Å². The molecule has 3 heterocycles. The van der Waals surface area contributed by atoms with E-state index in [1.165, 1.54) is 65.7 Å². The molecule has 0 aliphatic carbocycles. The molecular weight excluding hydrogens is 473 g/mol. The highest BCUT2D eigenvalue weighted by molar-refractivity contribution is 7.98. The molecule has 2 heteroatoms. The van der Waals surface area contributed by atoms with E-state index in [2.05, 4.69) is 102 Å². The van der Waals surface area contributed by atoms with Gasteiger partial charge in [0.2, 0.25) is 0 Å². The fraction of sp³-hybridized carbons (Fsp3) is 0.353. The molecule has 8 rings (SSSR count). The molecule has 0 aromatic heterocycles. The molecule has 0 fully saturated rings. The topological polar surface area (TPSA) is 0 Å². The first-order valence-corrected chi connectivity index (χ1v) is 15.4. The van der Waals surface area contributed by atoms with Crippen molar-refractivity contribution in [2.75, 3.05) is 0 Å². The number of hydrogen-bond acceptors (Lipinski definition) is 2. The van der Waals surface area contributed by atoms with Gasteiger partial charge in [-0.2, -0.15) is 23.5 Å². The summed E-state index contributed by atoms with van der Waals surface area (Å²) in [4.78, 5) is 0. The lowest BCUT2D eigenvalue weighted by Crippen LogP contribution is -2.12. The van der Waals surface area contributed by atoms with Gasteiger partial charge in [-0.15, -0.1) is 0 Å². The summed E-state index contributed by atoms with van der Waals surface area (Å²) >= 11 is 4.10. The molecule has 0 radical (unpaired) electrons. The van der Waals surface area contributed by atoms with Gasteiger partial charge in [-0.25, -0.2) is 0 Å². The molecule has 5 aromatic rings. The fourth-order valence-corrected chi connectivity index (χ4v) is 7.58. The average Bonchev–Trinajstić information content (AvgIpc) is 2.81. The summed E-state index contributed by atoms with van der Waals surface area (Å²) < 4.78 is 0. The Bertz CT molecular complexity index is 1480. The van der Waals surface area contributed by atoms with Crippen LogP contribution in [0.25, 0.3) is 32.3 Å². The number of rotatable bonds is 0. The predicted octanol–water partition coefficient (Wildman–Crippen LogP) is 10.4. The normalized spacial score (nSPS) is 15.4. The van der Waals surface area contributed by atoms with Crippen LogP contribution in [0.3, 0.4) is 0 Å².